The van der Waals surface area contributed by atoms with Crippen LogP contribution >= 0.6 is 11.8 Å². The molecule has 2 heterocycles. The summed E-state index contributed by atoms with van der Waals surface area (Å²) in [5, 5.41) is 18.7. The number of aromatic carboxylic acids is 1. The second kappa shape index (κ2) is 5.28. The lowest BCUT2D eigenvalue weighted by Crippen LogP contribution is -2.38. The van der Waals surface area contributed by atoms with Crippen LogP contribution in [0.1, 0.15) is 17.4 Å². The van der Waals surface area contributed by atoms with E-state index in [0.717, 1.165) is 29.7 Å². The van der Waals surface area contributed by atoms with Crippen molar-refractivity contribution < 1.29 is 9.90 Å². The SMILES string of the molecule is CC1CN(c2c(C(=O)O)nnc3ccccc23)CCS1. The fourth-order valence-electron chi connectivity index (χ4n) is 2.53. The lowest BCUT2D eigenvalue weighted by Gasteiger charge is -2.33. The second-order valence-corrected chi connectivity index (χ2v) is 6.39. The molecule has 1 saturated heterocycles. The van der Waals surface area contributed by atoms with Crippen LogP contribution < -0.4 is 4.90 Å². The Morgan fingerprint density at radius 3 is 2.95 bits per heavy atom. The molecule has 1 N–H and O–H groups in total. The van der Waals surface area contributed by atoms with Crippen LogP contribution in [0.3, 0.4) is 0 Å². The van der Waals surface area contributed by atoms with E-state index in [0.29, 0.717) is 10.9 Å². The first-order chi connectivity index (χ1) is 9.66. The summed E-state index contributed by atoms with van der Waals surface area (Å²) in [5.74, 6) is -0.0271. The summed E-state index contributed by atoms with van der Waals surface area (Å²) in [6, 6.07) is 7.56. The molecule has 0 amide bonds. The number of nitrogens with zero attached hydrogens (tertiary/aromatic N) is 3. The number of carboxylic acid groups (broad SMARTS) is 1. The molecule has 1 aliphatic rings. The predicted octanol–water partition coefficient (Wildman–Crippen LogP) is 2.27. The van der Waals surface area contributed by atoms with Crippen LogP contribution in [0.4, 0.5) is 5.69 Å². The molecule has 0 saturated carbocycles. The van der Waals surface area contributed by atoms with E-state index in [1.165, 1.54) is 0 Å². The molecule has 1 aromatic carbocycles. The summed E-state index contributed by atoms with van der Waals surface area (Å²) in [4.78, 5) is 13.6. The molecule has 1 aliphatic heterocycles. The lowest BCUT2D eigenvalue weighted by atomic mass is 10.1. The maximum Gasteiger partial charge on any atom is 0.358 e. The number of anilines is 1. The third-order valence-corrected chi connectivity index (χ3v) is 4.54. The Labute approximate surface area is 121 Å². The number of benzene rings is 1. The van der Waals surface area contributed by atoms with Gasteiger partial charge < -0.3 is 10.0 Å². The average molecular weight is 289 g/mol. The maximum absolute atomic E-state index is 11.5. The van der Waals surface area contributed by atoms with E-state index in [1.54, 1.807) is 0 Å². The van der Waals surface area contributed by atoms with Crippen molar-refractivity contribution in [1.29, 1.82) is 0 Å². The minimum absolute atomic E-state index is 0.0443. The van der Waals surface area contributed by atoms with E-state index in [9.17, 15) is 9.90 Å². The van der Waals surface area contributed by atoms with E-state index in [1.807, 2.05) is 36.0 Å². The standard InChI is InChI=1S/C14H15N3O2S/c1-9-8-17(6-7-20-9)13-10-4-2-3-5-11(10)15-16-12(13)14(18)19/h2-5,9H,6-8H2,1H3,(H,18,19). The molecule has 1 unspecified atom stereocenters. The molecule has 1 fully saturated rings. The lowest BCUT2D eigenvalue weighted by molar-refractivity contribution is 0.0690. The van der Waals surface area contributed by atoms with Gasteiger partial charge in [-0.15, -0.1) is 10.2 Å². The molecule has 104 valence electrons. The van der Waals surface area contributed by atoms with Crippen LogP contribution in [0.15, 0.2) is 24.3 Å². The van der Waals surface area contributed by atoms with Crippen LogP contribution in [0.2, 0.25) is 0 Å². The number of carboxylic acids is 1. The Morgan fingerprint density at radius 2 is 2.20 bits per heavy atom. The van der Waals surface area contributed by atoms with Crippen molar-refractivity contribution in [3.8, 4) is 0 Å². The molecule has 5 nitrogen and oxygen atoms in total. The first-order valence-corrected chi connectivity index (χ1v) is 7.57. The number of rotatable bonds is 2. The number of hydrogen-bond acceptors (Lipinski definition) is 5. The first-order valence-electron chi connectivity index (χ1n) is 6.52. The third kappa shape index (κ3) is 2.31. The van der Waals surface area contributed by atoms with Crippen LogP contribution in [0, 0.1) is 0 Å². The average Bonchev–Trinajstić information content (AvgIpc) is 2.46. The molecule has 0 radical (unpaired) electrons. The van der Waals surface area contributed by atoms with Crippen molar-refractivity contribution in [3.63, 3.8) is 0 Å². The highest BCUT2D eigenvalue weighted by Gasteiger charge is 2.25. The number of thioether (sulfide) groups is 1. The van der Waals surface area contributed by atoms with E-state index in [4.69, 9.17) is 0 Å². The molecule has 20 heavy (non-hydrogen) atoms. The molecule has 6 heteroatoms. The molecule has 1 atom stereocenters. The van der Waals surface area contributed by atoms with Crippen molar-refractivity contribution in [2.24, 2.45) is 0 Å². The van der Waals surface area contributed by atoms with Gasteiger partial charge in [-0.05, 0) is 6.07 Å². The summed E-state index contributed by atoms with van der Waals surface area (Å²) >= 11 is 1.91. The number of fused-ring (bicyclic) bond motifs is 1. The van der Waals surface area contributed by atoms with Gasteiger partial charge in [-0.2, -0.15) is 11.8 Å². The van der Waals surface area contributed by atoms with Crippen LogP contribution in [0.25, 0.3) is 10.9 Å². The van der Waals surface area contributed by atoms with Crippen molar-refractivity contribution in [1.82, 2.24) is 10.2 Å². The van der Waals surface area contributed by atoms with Crippen molar-refractivity contribution in [2.45, 2.75) is 12.2 Å². The molecule has 2 aromatic rings. The molecule has 3 rings (SSSR count). The van der Waals surface area contributed by atoms with Crippen molar-refractivity contribution >= 4 is 34.3 Å². The summed E-state index contributed by atoms with van der Waals surface area (Å²) in [5.41, 5.74) is 1.48. The van der Waals surface area contributed by atoms with E-state index < -0.39 is 5.97 Å². The quantitative estimate of drug-likeness (QED) is 0.915. The van der Waals surface area contributed by atoms with Gasteiger partial charge >= 0.3 is 5.97 Å². The number of hydrogen-bond donors (Lipinski definition) is 1. The zero-order valence-electron chi connectivity index (χ0n) is 11.1. The summed E-state index contributed by atoms with van der Waals surface area (Å²) in [7, 11) is 0. The summed E-state index contributed by atoms with van der Waals surface area (Å²) in [6.07, 6.45) is 0. The second-order valence-electron chi connectivity index (χ2n) is 4.85. The number of aromatic nitrogens is 2. The Balaban J connectivity index is 2.19. The molecule has 0 spiro atoms. The van der Waals surface area contributed by atoms with Crippen molar-refractivity contribution in [2.75, 3.05) is 23.7 Å². The summed E-state index contributed by atoms with van der Waals surface area (Å²) in [6.45, 7) is 3.83. The van der Waals surface area contributed by atoms with Gasteiger partial charge in [0.15, 0.2) is 5.69 Å². The molecular formula is C14H15N3O2S. The zero-order valence-corrected chi connectivity index (χ0v) is 11.9. The molecule has 0 aliphatic carbocycles. The highest BCUT2D eigenvalue weighted by Crippen LogP contribution is 2.31. The Morgan fingerprint density at radius 1 is 1.40 bits per heavy atom. The highest BCUT2D eigenvalue weighted by atomic mass is 32.2. The van der Waals surface area contributed by atoms with Gasteiger partial charge in [0.2, 0.25) is 0 Å². The van der Waals surface area contributed by atoms with Gasteiger partial charge in [0.25, 0.3) is 0 Å². The van der Waals surface area contributed by atoms with Gasteiger partial charge in [0.05, 0.1) is 11.2 Å². The Hall–Kier alpha value is -1.82. The normalized spacial score (nSPS) is 19.2. The van der Waals surface area contributed by atoms with E-state index in [-0.39, 0.29) is 5.69 Å². The Bertz CT molecular complexity index is 662. The first kappa shape index (κ1) is 13.2. The monoisotopic (exact) mass is 289 g/mol. The zero-order chi connectivity index (χ0) is 14.1. The molecular weight excluding hydrogens is 274 g/mol. The smallest absolute Gasteiger partial charge is 0.358 e. The third-order valence-electron chi connectivity index (χ3n) is 3.40. The number of carbonyl (C=O) groups is 1. The predicted molar refractivity (Wildman–Crippen MR) is 80.6 cm³/mol. The highest BCUT2D eigenvalue weighted by molar-refractivity contribution is 8.00. The maximum atomic E-state index is 11.5. The largest absolute Gasteiger partial charge is 0.476 e. The van der Waals surface area contributed by atoms with Crippen LogP contribution in [-0.2, 0) is 0 Å². The Kier molecular flexibility index (Phi) is 3.48. The van der Waals surface area contributed by atoms with Gasteiger partial charge in [0.1, 0.15) is 0 Å². The van der Waals surface area contributed by atoms with Gasteiger partial charge in [-0.3, -0.25) is 0 Å². The van der Waals surface area contributed by atoms with Gasteiger partial charge in [0, 0.05) is 29.5 Å². The topological polar surface area (TPSA) is 66.3 Å². The van der Waals surface area contributed by atoms with E-state index in [2.05, 4.69) is 22.0 Å². The van der Waals surface area contributed by atoms with Crippen LogP contribution in [0.5, 0.6) is 0 Å². The van der Waals surface area contributed by atoms with Crippen molar-refractivity contribution in [3.05, 3.63) is 30.0 Å². The minimum Gasteiger partial charge on any atom is -0.476 e. The van der Waals surface area contributed by atoms with E-state index >= 15 is 0 Å². The van der Waals surface area contributed by atoms with Gasteiger partial charge in [-0.1, -0.05) is 25.1 Å². The fourth-order valence-corrected chi connectivity index (χ4v) is 3.54. The van der Waals surface area contributed by atoms with Gasteiger partial charge in [-0.25, -0.2) is 4.79 Å². The minimum atomic E-state index is -1.02. The molecule has 1 aromatic heterocycles. The molecule has 0 bridgehead atoms. The fraction of sp³-hybridized carbons (Fsp3) is 0.357. The summed E-state index contributed by atoms with van der Waals surface area (Å²) < 4.78 is 0. The van der Waals surface area contributed by atoms with Crippen LogP contribution in [-0.4, -0.2) is 45.4 Å².